The van der Waals surface area contributed by atoms with Gasteiger partial charge in [-0.15, -0.1) is 0 Å². The van der Waals surface area contributed by atoms with Crippen molar-refractivity contribution in [2.75, 3.05) is 6.54 Å². The van der Waals surface area contributed by atoms with Crippen LogP contribution in [0.3, 0.4) is 0 Å². The molecule has 0 saturated carbocycles. The number of nitrogens with zero attached hydrogens (tertiary/aromatic N) is 5. The van der Waals surface area contributed by atoms with E-state index in [0.29, 0.717) is 0 Å². The lowest BCUT2D eigenvalue weighted by Gasteiger charge is -2.17. The molecule has 1 aliphatic heterocycles. The maximum absolute atomic E-state index is 12.1. The fourth-order valence-electron chi connectivity index (χ4n) is 1.84. The lowest BCUT2D eigenvalue weighted by Crippen LogP contribution is -2.49. The van der Waals surface area contributed by atoms with Crippen molar-refractivity contribution in [3.05, 3.63) is 34.4 Å². The van der Waals surface area contributed by atoms with Crippen LogP contribution >= 0.6 is 0 Å². The summed E-state index contributed by atoms with van der Waals surface area (Å²) in [5.41, 5.74) is 0.111. The number of non-ortho nitro benzene ring substituents is 1. The van der Waals surface area contributed by atoms with Crippen LogP contribution in [0.2, 0.25) is 0 Å². The van der Waals surface area contributed by atoms with Crippen LogP contribution in [-0.4, -0.2) is 39.0 Å². The van der Waals surface area contributed by atoms with Gasteiger partial charge in [-0.3, -0.25) is 10.1 Å². The van der Waals surface area contributed by atoms with Crippen molar-refractivity contribution in [2.45, 2.75) is 13.0 Å². The van der Waals surface area contributed by atoms with Gasteiger partial charge in [-0.2, -0.15) is 15.0 Å². The maximum Gasteiger partial charge on any atom is 0.526 e. The summed E-state index contributed by atoms with van der Waals surface area (Å²) < 4.78 is 0.905. The van der Waals surface area contributed by atoms with Crippen LogP contribution in [0.5, 0.6) is 0 Å². The first kappa shape index (κ1) is 14.3. The smallest absolute Gasteiger partial charge is 0.258 e. The molecule has 9 nitrogen and oxygen atoms in total. The molecule has 1 atom stereocenters. The van der Waals surface area contributed by atoms with Gasteiger partial charge in [0.15, 0.2) is 5.69 Å². The first-order chi connectivity index (χ1) is 9.99. The summed E-state index contributed by atoms with van der Waals surface area (Å²) in [4.78, 5) is 34.9. The first-order valence-electron chi connectivity index (χ1n) is 6.00. The Bertz CT molecular complexity index is 689. The summed E-state index contributed by atoms with van der Waals surface area (Å²) in [5, 5.41) is 23.3. The molecule has 0 saturated heterocycles. The van der Waals surface area contributed by atoms with Crippen molar-refractivity contribution in [2.24, 2.45) is 5.11 Å². The molecule has 1 heterocycles. The minimum atomic E-state index is -1.31. The zero-order chi connectivity index (χ0) is 15.6. The van der Waals surface area contributed by atoms with Gasteiger partial charge in [-0.25, -0.2) is 4.79 Å². The van der Waals surface area contributed by atoms with Crippen LogP contribution in [0.25, 0.3) is 0 Å². The third-order valence-electron chi connectivity index (χ3n) is 2.89. The predicted molar refractivity (Wildman–Crippen MR) is 67.6 cm³/mol. The van der Waals surface area contributed by atoms with E-state index in [1.54, 1.807) is 13.0 Å². The second kappa shape index (κ2) is 5.46. The number of rotatable bonds is 3. The highest BCUT2D eigenvalue weighted by molar-refractivity contribution is 5.97. The second-order valence-corrected chi connectivity index (χ2v) is 4.10. The molecule has 2 rings (SSSR count). The van der Waals surface area contributed by atoms with Gasteiger partial charge >= 0.3 is 11.9 Å². The van der Waals surface area contributed by atoms with E-state index < -0.39 is 22.9 Å². The Morgan fingerprint density at radius 2 is 2.05 bits per heavy atom. The predicted octanol–water partition coefficient (Wildman–Crippen LogP) is 1.57. The molecule has 0 fully saturated rings. The van der Waals surface area contributed by atoms with Crippen LogP contribution < -0.4 is 0 Å². The SMILES string of the molecule is CCN1C(=O)C(C#N)N=[N+](c2ccc([N+](=O)[O-])cc2)C1=O. The fraction of sp³-hybridized carbons (Fsp3) is 0.250. The minimum Gasteiger partial charge on any atom is -0.258 e. The van der Waals surface area contributed by atoms with Crippen LogP contribution in [-0.2, 0) is 4.79 Å². The minimum absolute atomic E-state index is 0.106. The van der Waals surface area contributed by atoms with Crippen LogP contribution in [0, 0.1) is 21.4 Å². The van der Waals surface area contributed by atoms with E-state index >= 15 is 0 Å². The number of carbonyl (C=O) groups is 2. The van der Waals surface area contributed by atoms with Crippen molar-refractivity contribution >= 4 is 23.3 Å². The van der Waals surface area contributed by atoms with E-state index in [0.717, 1.165) is 9.60 Å². The molecule has 106 valence electrons. The molecule has 0 aliphatic carbocycles. The Kier molecular flexibility index (Phi) is 3.71. The number of likely N-dealkylation sites (N-methyl/N-ethyl adjacent to an activating group) is 1. The monoisotopic (exact) mass is 288 g/mol. The van der Waals surface area contributed by atoms with Gasteiger partial charge in [0, 0.05) is 12.1 Å². The Labute approximate surface area is 118 Å². The molecule has 1 aromatic carbocycles. The highest BCUT2D eigenvalue weighted by Crippen LogP contribution is 2.22. The topological polar surface area (TPSA) is 120 Å². The van der Waals surface area contributed by atoms with Gasteiger partial charge in [0.25, 0.3) is 11.7 Å². The molecule has 9 heteroatoms. The molecule has 1 aromatic rings. The lowest BCUT2D eigenvalue weighted by atomic mass is 10.2. The van der Waals surface area contributed by atoms with E-state index in [9.17, 15) is 19.7 Å². The van der Waals surface area contributed by atoms with Gasteiger partial charge in [-0.05, 0) is 19.1 Å². The Hall–Kier alpha value is -3.15. The number of urea groups is 1. The van der Waals surface area contributed by atoms with E-state index in [1.165, 1.54) is 24.3 Å². The number of hydrogen-bond acceptors (Lipinski definition) is 6. The summed E-state index contributed by atoms with van der Waals surface area (Å²) in [5.74, 6) is -0.678. The van der Waals surface area contributed by atoms with E-state index in [-0.39, 0.29) is 17.9 Å². The van der Waals surface area contributed by atoms with E-state index in [1.807, 2.05) is 0 Å². The van der Waals surface area contributed by atoms with Crippen LogP contribution in [0.1, 0.15) is 6.92 Å². The number of nitriles is 1. The normalized spacial score (nSPS) is 18.2. The maximum atomic E-state index is 12.1. The highest BCUT2D eigenvalue weighted by Gasteiger charge is 2.44. The zero-order valence-electron chi connectivity index (χ0n) is 11.0. The molecule has 1 unspecified atom stereocenters. The Morgan fingerprint density at radius 1 is 1.43 bits per heavy atom. The summed E-state index contributed by atoms with van der Waals surface area (Å²) >= 11 is 0. The zero-order valence-corrected chi connectivity index (χ0v) is 11.0. The summed E-state index contributed by atoms with van der Waals surface area (Å²) in [7, 11) is 0. The third-order valence-corrected chi connectivity index (χ3v) is 2.89. The number of nitro benzene ring substituents is 1. The average Bonchev–Trinajstić information content (AvgIpc) is 2.48. The molecule has 21 heavy (non-hydrogen) atoms. The number of azo groups is 2. The molecular weight excluding hydrogens is 278 g/mol. The summed E-state index contributed by atoms with van der Waals surface area (Å²) in [6.07, 6.45) is 0. The number of nitro groups is 1. The lowest BCUT2D eigenvalue weighted by molar-refractivity contribution is -0.427. The molecule has 0 bridgehead atoms. The van der Waals surface area contributed by atoms with Crippen molar-refractivity contribution in [3.8, 4) is 6.07 Å². The molecule has 0 spiro atoms. The molecule has 0 radical (unpaired) electrons. The van der Waals surface area contributed by atoms with Gasteiger partial charge in [0.2, 0.25) is 0 Å². The second-order valence-electron chi connectivity index (χ2n) is 4.10. The van der Waals surface area contributed by atoms with Crippen LogP contribution in [0.15, 0.2) is 29.4 Å². The molecule has 0 N–H and O–H groups in total. The number of imide groups is 1. The van der Waals surface area contributed by atoms with Gasteiger partial charge < -0.3 is 0 Å². The molecular formula is C12H10N5O4+. The third kappa shape index (κ3) is 2.46. The average molecular weight is 288 g/mol. The van der Waals surface area contributed by atoms with Crippen molar-refractivity contribution in [1.82, 2.24) is 4.90 Å². The quantitative estimate of drug-likeness (QED) is 0.475. The van der Waals surface area contributed by atoms with Crippen LogP contribution in [0.4, 0.5) is 16.2 Å². The summed E-state index contributed by atoms with van der Waals surface area (Å²) in [6, 6.07) is 4.80. The highest BCUT2D eigenvalue weighted by atomic mass is 16.6. The molecule has 3 amide bonds. The van der Waals surface area contributed by atoms with Crippen molar-refractivity contribution in [3.63, 3.8) is 0 Å². The fourth-order valence-corrected chi connectivity index (χ4v) is 1.84. The summed E-state index contributed by atoms with van der Waals surface area (Å²) in [6.45, 7) is 1.71. The molecule has 0 aromatic heterocycles. The number of amides is 3. The van der Waals surface area contributed by atoms with Gasteiger partial charge in [0.05, 0.1) is 11.5 Å². The Balaban J connectivity index is 2.46. The first-order valence-corrected chi connectivity index (χ1v) is 6.00. The molecule has 1 aliphatic rings. The van der Waals surface area contributed by atoms with Crippen molar-refractivity contribution in [1.29, 1.82) is 5.26 Å². The van der Waals surface area contributed by atoms with Gasteiger partial charge in [0.1, 0.15) is 6.07 Å². The van der Waals surface area contributed by atoms with Gasteiger partial charge in [-0.1, -0.05) is 9.81 Å². The largest absolute Gasteiger partial charge is 0.526 e. The number of benzene rings is 1. The Morgan fingerprint density at radius 3 is 2.52 bits per heavy atom. The van der Waals surface area contributed by atoms with E-state index in [4.69, 9.17) is 5.26 Å². The standard InChI is InChI=1S/C12H10N5O4/c1-2-15-11(18)10(7-13)14-16(12(15)19)8-3-5-9(6-4-8)17(20)21/h3-6,10H,2H2,1H3/q+1. The number of hydrogen-bond donors (Lipinski definition) is 0. The van der Waals surface area contributed by atoms with E-state index in [2.05, 4.69) is 5.11 Å². The number of carbonyl (C=O) groups excluding carboxylic acids is 2. The van der Waals surface area contributed by atoms with Crippen molar-refractivity contribution < 1.29 is 19.2 Å².